The number of aldehydes is 1. The van der Waals surface area contributed by atoms with E-state index >= 15 is 0 Å². The largest absolute Gasteiger partial charge is 0.298 e. The summed E-state index contributed by atoms with van der Waals surface area (Å²) in [6.45, 7) is 1.68. The van der Waals surface area contributed by atoms with Gasteiger partial charge in [0, 0.05) is 0 Å². The maximum Gasteiger partial charge on any atom is 0.155 e. The molecule has 60 valence electrons. The molecule has 0 heterocycles. The average molecular weight is 158 g/mol. The molecule has 3 heteroatoms. The number of hydrogen-bond donors (Lipinski definition) is 0. The molecule has 1 nitrogen and oxygen atoms in total. The van der Waals surface area contributed by atoms with Gasteiger partial charge in [0.25, 0.3) is 0 Å². The lowest BCUT2D eigenvalue weighted by Gasteiger charge is -1.88. The zero-order valence-electron chi connectivity index (χ0n) is 6.05. The van der Waals surface area contributed by atoms with E-state index in [1.165, 1.54) is 6.08 Å². The third-order valence-electron chi connectivity index (χ3n) is 0.955. The Hall–Kier alpha value is -1.25. The number of carbonyl (C=O) groups excluding carboxylic acids is 1. The predicted octanol–water partition coefficient (Wildman–Crippen LogP) is 2.47. The van der Waals surface area contributed by atoms with Crippen molar-refractivity contribution in [2.45, 2.75) is 6.92 Å². The van der Waals surface area contributed by atoms with Gasteiger partial charge in [-0.05, 0) is 13.0 Å². The van der Waals surface area contributed by atoms with Crippen LogP contribution in [0.3, 0.4) is 0 Å². The predicted molar refractivity (Wildman–Crippen MR) is 39.3 cm³/mol. The smallest absolute Gasteiger partial charge is 0.155 e. The summed E-state index contributed by atoms with van der Waals surface area (Å²) in [5, 5.41) is 0. The van der Waals surface area contributed by atoms with Crippen LogP contribution in [0, 0.1) is 0 Å². The molecule has 0 bridgehead atoms. The third-order valence-corrected chi connectivity index (χ3v) is 0.955. The van der Waals surface area contributed by atoms with Crippen LogP contribution in [0.4, 0.5) is 8.78 Å². The highest BCUT2D eigenvalue weighted by atomic mass is 19.1. The first-order valence-corrected chi connectivity index (χ1v) is 3.00. The summed E-state index contributed by atoms with van der Waals surface area (Å²) < 4.78 is 24.2. The maximum absolute atomic E-state index is 12.5. The quantitative estimate of drug-likeness (QED) is 0.350. The van der Waals surface area contributed by atoms with Crippen LogP contribution in [0.2, 0.25) is 0 Å². The van der Waals surface area contributed by atoms with Crippen molar-refractivity contribution in [1.82, 2.24) is 0 Å². The summed E-state index contributed by atoms with van der Waals surface area (Å²) in [5.41, 5.74) is -0.580. The summed E-state index contributed by atoms with van der Waals surface area (Å²) in [7, 11) is 0. The van der Waals surface area contributed by atoms with E-state index in [4.69, 9.17) is 0 Å². The van der Waals surface area contributed by atoms with Crippen LogP contribution in [0.25, 0.3) is 0 Å². The van der Waals surface area contributed by atoms with Crippen molar-refractivity contribution in [2.24, 2.45) is 0 Å². The number of halogens is 2. The Morgan fingerprint density at radius 3 is 2.45 bits per heavy atom. The van der Waals surface area contributed by atoms with Crippen molar-refractivity contribution in [3.63, 3.8) is 0 Å². The molecule has 0 rings (SSSR count). The summed E-state index contributed by atoms with van der Waals surface area (Å²) in [5.74, 6) is -0.874. The average Bonchev–Trinajstić information content (AvgIpc) is 2.03. The Balaban J connectivity index is 4.44. The molecule has 0 aromatic rings. The summed E-state index contributed by atoms with van der Waals surface area (Å²) in [6.07, 6.45) is 4.01. The molecule has 0 aliphatic rings. The Morgan fingerprint density at radius 1 is 1.45 bits per heavy atom. The van der Waals surface area contributed by atoms with Gasteiger partial charge in [0.2, 0.25) is 0 Å². The highest BCUT2D eigenvalue weighted by Gasteiger charge is 2.00. The molecule has 0 saturated heterocycles. The number of allylic oxidation sites excluding steroid dienone is 5. The molecule has 0 unspecified atom stereocenters. The minimum atomic E-state index is -0.874. The molecule has 0 fully saturated rings. The van der Waals surface area contributed by atoms with Crippen molar-refractivity contribution in [3.8, 4) is 0 Å². The molecule has 0 amide bonds. The Labute approximate surface area is 63.7 Å². The van der Waals surface area contributed by atoms with Gasteiger partial charge in [0.15, 0.2) is 6.29 Å². The molecule has 0 atom stereocenters. The Kier molecular flexibility index (Phi) is 4.90. The lowest BCUT2D eigenvalue weighted by molar-refractivity contribution is -0.104. The minimum Gasteiger partial charge on any atom is -0.298 e. The van der Waals surface area contributed by atoms with Crippen LogP contribution >= 0.6 is 0 Å². The van der Waals surface area contributed by atoms with Crippen LogP contribution < -0.4 is 0 Å². The molecule has 0 aliphatic carbocycles. The fourth-order valence-corrected chi connectivity index (χ4v) is 0.411. The first-order valence-electron chi connectivity index (χ1n) is 3.00. The van der Waals surface area contributed by atoms with Gasteiger partial charge in [-0.2, -0.15) is 0 Å². The summed E-state index contributed by atoms with van der Waals surface area (Å²) in [4.78, 5) is 9.93. The fourth-order valence-electron chi connectivity index (χ4n) is 0.411. The van der Waals surface area contributed by atoms with Gasteiger partial charge in [-0.3, -0.25) is 4.79 Å². The van der Waals surface area contributed by atoms with Crippen molar-refractivity contribution in [1.29, 1.82) is 0 Å². The fraction of sp³-hybridized carbons (Fsp3) is 0.125. The molecule has 0 N–H and O–H groups in total. The second kappa shape index (κ2) is 5.53. The van der Waals surface area contributed by atoms with E-state index in [0.717, 1.165) is 6.08 Å². The lowest BCUT2D eigenvalue weighted by Crippen LogP contribution is -1.82. The van der Waals surface area contributed by atoms with E-state index in [1.54, 1.807) is 13.0 Å². The van der Waals surface area contributed by atoms with Gasteiger partial charge >= 0.3 is 0 Å². The van der Waals surface area contributed by atoms with Crippen molar-refractivity contribution < 1.29 is 13.6 Å². The van der Waals surface area contributed by atoms with Gasteiger partial charge in [-0.1, -0.05) is 12.2 Å². The normalized spacial score (nSPS) is 14.1. The first kappa shape index (κ1) is 9.75. The van der Waals surface area contributed by atoms with Crippen molar-refractivity contribution in [2.75, 3.05) is 0 Å². The first-order chi connectivity index (χ1) is 5.26. The number of carbonyl (C=O) groups is 1. The molecule has 0 spiro atoms. The van der Waals surface area contributed by atoms with E-state index in [1.807, 2.05) is 0 Å². The van der Waals surface area contributed by atoms with Crippen LogP contribution in [0.15, 0.2) is 36.0 Å². The van der Waals surface area contributed by atoms with E-state index in [2.05, 4.69) is 0 Å². The topological polar surface area (TPSA) is 17.1 Å². The highest BCUT2D eigenvalue weighted by molar-refractivity contribution is 5.78. The van der Waals surface area contributed by atoms with E-state index in [0.29, 0.717) is 0 Å². The van der Waals surface area contributed by atoms with Gasteiger partial charge in [-0.25, -0.2) is 8.78 Å². The monoisotopic (exact) mass is 158 g/mol. The van der Waals surface area contributed by atoms with Crippen LogP contribution in [-0.2, 0) is 4.79 Å². The van der Waals surface area contributed by atoms with Crippen molar-refractivity contribution >= 4 is 6.29 Å². The molecule has 0 aliphatic heterocycles. The van der Waals surface area contributed by atoms with E-state index < -0.39 is 11.4 Å². The standard InChI is InChI=1S/C8H8F2O/c1-2-3-4-8(10)7(5-9)6-11/h2-6H,1H3/b3-2-,7-5+,8-4+. The second-order valence-electron chi connectivity index (χ2n) is 1.72. The summed E-state index contributed by atoms with van der Waals surface area (Å²) in [6, 6.07) is 0. The molecular weight excluding hydrogens is 150 g/mol. The van der Waals surface area contributed by atoms with Crippen LogP contribution in [-0.4, -0.2) is 6.29 Å². The zero-order valence-corrected chi connectivity index (χ0v) is 6.05. The highest BCUT2D eigenvalue weighted by Crippen LogP contribution is 2.08. The molecule has 0 radical (unpaired) electrons. The van der Waals surface area contributed by atoms with Crippen LogP contribution in [0.1, 0.15) is 6.92 Å². The minimum absolute atomic E-state index is 0.0671. The van der Waals surface area contributed by atoms with Crippen molar-refractivity contribution in [3.05, 3.63) is 36.0 Å². The van der Waals surface area contributed by atoms with E-state index in [9.17, 15) is 13.6 Å². The Morgan fingerprint density at radius 2 is 2.09 bits per heavy atom. The Bertz CT molecular complexity index is 214. The van der Waals surface area contributed by atoms with Gasteiger partial charge in [0.05, 0.1) is 5.57 Å². The molecule has 11 heavy (non-hydrogen) atoms. The van der Waals surface area contributed by atoms with Crippen LogP contribution in [0.5, 0.6) is 0 Å². The maximum atomic E-state index is 12.5. The van der Waals surface area contributed by atoms with Gasteiger partial charge < -0.3 is 0 Å². The SMILES string of the molecule is C\C=C/C=C(F)\C(C=O)=C\F. The summed E-state index contributed by atoms with van der Waals surface area (Å²) >= 11 is 0. The van der Waals surface area contributed by atoms with Gasteiger partial charge in [-0.15, -0.1) is 0 Å². The zero-order chi connectivity index (χ0) is 8.69. The van der Waals surface area contributed by atoms with Gasteiger partial charge in [0.1, 0.15) is 12.2 Å². The lowest BCUT2D eigenvalue weighted by atomic mass is 10.2. The molecule has 0 aromatic heterocycles. The molecular formula is C8H8F2O. The second-order valence-corrected chi connectivity index (χ2v) is 1.72. The third kappa shape index (κ3) is 3.45. The molecule has 0 saturated carbocycles. The molecule has 0 aromatic carbocycles. The number of rotatable bonds is 3. The number of hydrogen-bond acceptors (Lipinski definition) is 1. The van der Waals surface area contributed by atoms with E-state index in [-0.39, 0.29) is 12.6 Å².